The number of fused-ring (bicyclic) bond motifs is 1. The molecule has 2 aromatic carbocycles. The zero-order valence-electron chi connectivity index (χ0n) is 12.2. The molecule has 0 spiro atoms. The Labute approximate surface area is 125 Å². The zero-order valence-corrected chi connectivity index (χ0v) is 12.2. The lowest BCUT2D eigenvalue weighted by molar-refractivity contribution is -0.118. The summed E-state index contributed by atoms with van der Waals surface area (Å²) in [6.45, 7) is 0.796. The molecular formula is C18H19NO2. The van der Waals surface area contributed by atoms with Crippen molar-refractivity contribution in [1.29, 1.82) is 0 Å². The van der Waals surface area contributed by atoms with Crippen LogP contribution >= 0.6 is 0 Å². The molecule has 1 aliphatic heterocycles. The van der Waals surface area contributed by atoms with Crippen LogP contribution in [0.3, 0.4) is 0 Å². The number of ether oxygens (including phenoxy) is 1. The summed E-state index contributed by atoms with van der Waals surface area (Å²) in [7, 11) is 1.66. The van der Waals surface area contributed by atoms with E-state index in [9.17, 15) is 4.79 Å². The van der Waals surface area contributed by atoms with Gasteiger partial charge in [0.1, 0.15) is 5.75 Å². The maximum atomic E-state index is 12.5. The van der Waals surface area contributed by atoms with Gasteiger partial charge in [0.25, 0.3) is 0 Å². The summed E-state index contributed by atoms with van der Waals surface area (Å²) in [6, 6.07) is 16.0. The fourth-order valence-electron chi connectivity index (χ4n) is 2.88. The van der Waals surface area contributed by atoms with E-state index in [2.05, 4.69) is 6.07 Å². The van der Waals surface area contributed by atoms with Crippen LogP contribution in [0.5, 0.6) is 5.75 Å². The molecule has 0 aliphatic carbocycles. The summed E-state index contributed by atoms with van der Waals surface area (Å²) in [6.07, 6.45) is 2.17. The minimum atomic E-state index is 0.186. The predicted octanol–water partition coefficient (Wildman–Crippen LogP) is 3.22. The van der Waals surface area contributed by atoms with E-state index in [1.54, 1.807) is 7.11 Å². The molecule has 0 atom stereocenters. The number of para-hydroxylation sites is 2. The third-order valence-electron chi connectivity index (χ3n) is 3.99. The maximum Gasteiger partial charge on any atom is 0.227 e. The first kappa shape index (κ1) is 13.7. The first-order valence-corrected chi connectivity index (χ1v) is 7.30. The van der Waals surface area contributed by atoms with Gasteiger partial charge in [0.15, 0.2) is 0 Å². The standard InChI is InChI=1S/C18H19NO2/c1-21-17-9-5-3-7-15(17)10-11-18(20)19-13-12-14-6-2-4-8-16(14)19/h2-9H,10-13H2,1H3. The normalized spacial score (nSPS) is 13.1. The smallest absolute Gasteiger partial charge is 0.227 e. The summed E-state index contributed by atoms with van der Waals surface area (Å²) < 4.78 is 5.33. The molecule has 0 aromatic heterocycles. The zero-order chi connectivity index (χ0) is 14.7. The molecule has 21 heavy (non-hydrogen) atoms. The minimum Gasteiger partial charge on any atom is -0.496 e. The lowest BCUT2D eigenvalue weighted by Crippen LogP contribution is -2.29. The number of rotatable bonds is 4. The lowest BCUT2D eigenvalue weighted by Gasteiger charge is -2.17. The molecule has 0 saturated heterocycles. The van der Waals surface area contributed by atoms with Crippen molar-refractivity contribution < 1.29 is 9.53 Å². The third kappa shape index (κ3) is 2.77. The number of nitrogens with zero attached hydrogens (tertiary/aromatic N) is 1. The average Bonchev–Trinajstić information content (AvgIpc) is 2.97. The van der Waals surface area contributed by atoms with Crippen LogP contribution in [0.1, 0.15) is 17.5 Å². The number of hydrogen-bond acceptors (Lipinski definition) is 2. The van der Waals surface area contributed by atoms with Gasteiger partial charge in [-0.15, -0.1) is 0 Å². The number of amides is 1. The predicted molar refractivity (Wildman–Crippen MR) is 83.8 cm³/mol. The first-order chi connectivity index (χ1) is 10.3. The van der Waals surface area contributed by atoms with Gasteiger partial charge in [-0.1, -0.05) is 36.4 Å². The summed E-state index contributed by atoms with van der Waals surface area (Å²) in [5.41, 5.74) is 3.42. The van der Waals surface area contributed by atoms with Crippen molar-refractivity contribution in [2.24, 2.45) is 0 Å². The van der Waals surface area contributed by atoms with Gasteiger partial charge in [0.05, 0.1) is 7.11 Å². The highest BCUT2D eigenvalue weighted by Gasteiger charge is 2.23. The monoisotopic (exact) mass is 281 g/mol. The Morgan fingerprint density at radius 2 is 1.90 bits per heavy atom. The molecule has 2 aromatic rings. The number of aryl methyl sites for hydroxylation is 1. The molecule has 0 bridgehead atoms. The number of benzene rings is 2. The second kappa shape index (κ2) is 6.00. The molecule has 1 aliphatic rings. The van der Waals surface area contributed by atoms with Crippen LogP contribution in [-0.2, 0) is 17.6 Å². The van der Waals surface area contributed by atoms with E-state index in [1.807, 2.05) is 47.4 Å². The van der Waals surface area contributed by atoms with Crippen molar-refractivity contribution in [3.05, 3.63) is 59.7 Å². The van der Waals surface area contributed by atoms with Gasteiger partial charge in [0.2, 0.25) is 5.91 Å². The van der Waals surface area contributed by atoms with E-state index in [0.29, 0.717) is 12.8 Å². The second-order valence-corrected chi connectivity index (χ2v) is 5.24. The van der Waals surface area contributed by atoms with Gasteiger partial charge in [-0.25, -0.2) is 0 Å². The van der Waals surface area contributed by atoms with E-state index in [4.69, 9.17) is 4.74 Å². The topological polar surface area (TPSA) is 29.5 Å². The van der Waals surface area contributed by atoms with Gasteiger partial charge < -0.3 is 9.64 Å². The molecule has 0 unspecified atom stereocenters. The largest absolute Gasteiger partial charge is 0.496 e. The van der Waals surface area contributed by atoms with E-state index < -0.39 is 0 Å². The third-order valence-corrected chi connectivity index (χ3v) is 3.99. The van der Waals surface area contributed by atoms with Crippen LogP contribution in [0.4, 0.5) is 5.69 Å². The maximum absolute atomic E-state index is 12.5. The van der Waals surface area contributed by atoms with Gasteiger partial charge in [0, 0.05) is 18.7 Å². The summed E-state index contributed by atoms with van der Waals surface area (Å²) in [5.74, 6) is 1.04. The highest BCUT2D eigenvalue weighted by atomic mass is 16.5. The minimum absolute atomic E-state index is 0.186. The van der Waals surface area contributed by atoms with Crippen molar-refractivity contribution >= 4 is 11.6 Å². The van der Waals surface area contributed by atoms with Crippen molar-refractivity contribution in [3.63, 3.8) is 0 Å². The fourth-order valence-corrected chi connectivity index (χ4v) is 2.88. The quantitative estimate of drug-likeness (QED) is 0.861. The van der Waals surface area contributed by atoms with Crippen LogP contribution in [0.2, 0.25) is 0 Å². The molecule has 0 N–H and O–H groups in total. The molecule has 1 heterocycles. The summed E-state index contributed by atoms with van der Waals surface area (Å²) in [5, 5.41) is 0. The average molecular weight is 281 g/mol. The van der Waals surface area contributed by atoms with Crippen molar-refractivity contribution in [1.82, 2.24) is 0 Å². The fraction of sp³-hybridized carbons (Fsp3) is 0.278. The van der Waals surface area contributed by atoms with Crippen LogP contribution in [0.25, 0.3) is 0 Å². The molecule has 0 radical (unpaired) electrons. The highest BCUT2D eigenvalue weighted by molar-refractivity contribution is 5.95. The van der Waals surface area contributed by atoms with Crippen LogP contribution in [-0.4, -0.2) is 19.6 Å². The summed E-state index contributed by atoms with van der Waals surface area (Å²) in [4.78, 5) is 14.4. The Kier molecular flexibility index (Phi) is 3.91. The Morgan fingerprint density at radius 1 is 1.14 bits per heavy atom. The van der Waals surface area contributed by atoms with Gasteiger partial charge in [-0.05, 0) is 36.1 Å². The van der Waals surface area contributed by atoms with E-state index in [0.717, 1.165) is 30.0 Å². The molecule has 3 nitrogen and oxygen atoms in total. The summed E-state index contributed by atoms with van der Waals surface area (Å²) >= 11 is 0. The van der Waals surface area contributed by atoms with Crippen molar-refractivity contribution in [2.75, 3.05) is 18.6 Å². The molecule has 0 fully saturated rings. The lowest BCUT2D eigenvalue weighted by atomic mass is 10.1. The van der Waals surface area contributed by atoms with Crippen LogP contribution < -0.4 is 9.64 Å². The van der Waals surface area contributed by atoms with Crippen molar-refractivity contribution in [2.45, 2.75) is 19.3 Å². The van der Waals surface area contributed by atoms with Crippen LogP contribution in [0.15, 0.2) is 48.5 Å². The van der Waals surface area contributed by atoms with Crippen molar-refractivity contribution in [3.8, 4) is 5.75 Å². The van der Waals surface area contributed by atoms with Gasteiger partial charge in [-0.3, -0.25) is 4.79 Å². The number of methoxy groups -OCH3 is 1. The molecule has 3 heteroatoms. The number of anilines is 1. The Bertz CT molecular complexity index is 651. The molecule has 3 rings (SSSR count). The number of carbonyl (C=O) groups excluding carboxylic acids is 1. The first-order valence-electron chi connectivity index (χ1n) is 7.30. The van der Waals surface area contributed by atoms with E-state index in [-0.39, 0.29) is 5.91 Å². The number of carbonyl (C=O) groups is 1. The Morgan fingerprint density at radius 3 is 2.76 bits per heavy atom. The Hall–Kier alpha value is -2.29. The number of hydrogen-bond donors (Lipinski definition) is 0. The SMILES string of the molecule is COc1ccccc1CCC(=O)N1CCc2ccccc21. The van der Waals surface area contributed by atoms with E-state index >= 15 is 0 Å². The van der Waals surface area contributed by atoms with Gasteiger partial charge in [-0.2, -0.15) is 0 Å². The second-order valence-electron chi connectivity index (χ2n) is 5.24. The van der Waals surface area contributed by atoms with E-state index in [1.165, 1.54) is 5.56 Å². The highest BCUT2D eigenvalue weighted by Crippen LogP contribution is 2.28. The molecule has 108 valence electrons. The van der Waals surface area contributed by atoms with Gasteiger partial charge >= 0.3 is 0 Å². The molecule has 0 saturated carbocycles. The van der Waals surface area contributed by atoms with Crippen LogP contribution in [0, 0.1) is 0 Å². The molecule has 1 amide bonds. The molecular weight excluding hydrogens is 262 g/mol. The Balaban J connectivity index is 1.68.